The van der Waals surface area contributed by atoms with E-state index in [1.165, 1.54) is 6.07 Å². The third-order valence-electron chi connectivity index (χ3n) is 3.35. The molecule has 0 heterocycles. The number of alkyl halides is 3. The lowest BCUT2D eigenvalue weighted by Crippen LogP contribution is -2.27. The molecule has 0 amide bonds. The lowest BCUT2D eigenvalue weighted by Gasteiger charge is -2.20. The Balaban J connectivity index is 2.21. The number of halogens is 3. The van der Waals surface area contributed by atoms with Crippen LogP contribution in [0, 0.1) is 17.2 Å². The molecular formula is C14H15F3N2O. The first-order valence-corrected chi connectivity index (χ1v) is 6.32. The minimum Gasteiger partial charge on any atom is -0.383 e. The molecule has 1 fully saturated rings. The number of benzene rings is 1. The molecule has 108 valence electrons. The van der Waals surface area contributed by atoms with Crippen molar-refractivity contribution >= 4 is 5.69 Å². The maximum atomic E-state index is 12.6. The van der Waals surface area contributed by atoms with Gasteiger partial charge in [0.15, 0.2) is 0 Å². The van der Waals surface area contributed by atoms with Crippen LogP contribution < -0.4 is 5.32 Å². The van der Waals surface area contributed by atoms with E-state index in [-0.39, 0.29) is 11.6 Å². The highest BCUT2D eigenvalue weighted by Crippen LogP contribution is 2.36. The average Bonchev–Trinajstić information content (AvgIpc) is 3.21. The smallest absolute Gasteiger partial charge is 0.383 e. The summed E-state index contributed by atoms with van der Waals surface area (Å²) in [4.78, 5) is 0. The minimum absolute atomic E-state index is 0.00146. The second-order valence-corrected chi connectivity index (χ2v) is 4.91. The normalized spacial score (nSPS) is 16.6. The van der Waals surface area contributed by atoms with Gasteiger partial charge >= 0.3 is 6.18 Å². The molecular weight excluding hydrogens is 269 g/mol. The van der Waals surface area contributed by atoms with Gasteiger partial charge in [-0.1, -0.05) is 0 Å². The Morgan fingerprint density at radius 3 is 2.65 bits per heavy atom. The number of nitriles is 1. The molecule has 0 aromatic heterocycles. The summed E-state index contributed by atoms with van der Waals surface area (Å²) in [7, 11) is 1.58. The SMILES string of the molecule is COCC(Nc1ccc(C(F)(F)F)cc1C#N)C1CC1. The molecule has 6 heteroatoms. The molecule has 1 aliphatic carbocycles. The van der Waals surface area contributed by atoms with Crippen LogP contribution in [0.2, 0.25) is 0 Å². The zero-order valence-corrected chi connectivity index (χ0v) is 11.0. The van der Waals surface area contributed by atoms with Gasteiger partial charge in [0.25, 0.3) is 0 Å². The lowest BCUT2D eigenvalue weighted by molar-refractivity contribution is -0.137. The second-order valence-electron chi connectivity index (χ2n) is 4.91. The molecule has 1 aliphatic rings. The van der Waals surface area contributed by atoms with E-state index in [0.29, 0.717) is 18.2 Å². The van der Waals surface area contributed by atoms with Crippen LogP contribution in [-0.4, -0.2) is 19.8 Å². The third kappa shape index (κ3) is 3.42. The standard InChI is InChI=1S/C14H15F3N2O/c1-20-8-13(9-2-3-9)19-12-5-4-11(14(15,16)17)6-10(12)7-18/h4-6,9,13,19H,2-3,8H2,1H3. The summed E-state index contributed by atoms with van der Waals surface area (Å²) in [5.41, 5.74) is -0.384. The van der Waals surface area contributed by atoms with Crippen LogP contribution in [0.5, 0.6) is 0 Å². The molecule has 0 radical (unpaired) electrons. The molecule has 0 bridgehead atoms. The number of hydrogen-bond acceptors (Lipinski definition) is 3. The largest absolute Gasteiger partial charge is 0.416 e. The van der Waals surface area contributed by atoms with Crippen LogP contribution in [0.4, 0.5) is 18.9 Å². The Labute approximate surface area is 115 Å². The van der Waals surface area contributed by atoms with E-state index < -0.39 is 11.7 Å². The maximum absolute atomic E-state index is 12.6. The summed E-state index contributed by atoms with van der Waals surface area (Å²) in [6, 6.07) is 5.01. The Morgan fingerprint density at radius 2 is 2.15 bits per heavy atom. The molecule has 0 aliphatic heterocycles. The van der Waals surface area contributed by atoms with Crippen molar-refractivity contribution in [2.24, 2.45) is 5.92 Å². The van der Waals surface area contributed by atoms with Crippen LogP contribution >= 0.6 is 0 Å². The van der Waals surface area contributed by atoms with Gasteiger partial charge in [-0.2, -0.15) is 18.4 Å². The Bertz CT molecular complexity index is 518. The van der Waals surface area contributed by atoms with Crippen molar-refractivity contribution < 1.29 is 17.9 Å². The molecule has 1 unspecified atom stereocenters. The first-order valence-electron chi connectivity index (χ1n) is 6.32. The maximum Gasteiger partial charge on any atom is 0.416 e. The van der Waals surface area contributed by atoms with Crippen LogP contribution in [0.3, 0.4) is 0 Å². The summed E-state index contributed by atoms with van der Waals surface area (Å²) < 4.78 is 42.9. The van der Waals surface area contributed by atoms with E-state index in [4.69, 9.17) is 10.00 Å². The quantitative estimate of drug-likeness (QED) is 0.901. The molecule has 1 saturated carbocycles. The molecule has 20 heavy (non-hydrogen) atoms. The van der Waals surface area contributed by atoms with Crippen LogP contribution in [0.1, 0.15) is 24.0 Å². The van der Waals surface area contributed by atoms with E-state index >= 15 is 0 Å². The number of rotatable bonds is 5. The Morgan fingerprint density at radius 1 is 1.45 bits per heavy atom. The minimum atomic E-state index is -4.44. The highest BCUT2D eigenvalue weighted by atomic mass is 19.4. The number of ether oxygens (including phenoxy) is 1. The topological polar surface area (TPSA) is 45.0 Å². The molecule has 3 nitrogen and oxygen atoms in total. The molecule has 1 aromatic rings. The van der Waals surface area contributed by atoms with Gasteiger partial charge in [-0.15, -0.1) is 0 Å². The van der Waals surface area contributed by atoms with Gasteiger partial charge in [0.05, 0.1) is 29.5 Å². The van der Waals surface area contributed by atoms with Gasteiger partial charge < -0.3 is 10.1 Å². The van der Waals surface area contributed by atoms with Gasteiger partial charge in [-0.05, 0) is 37.0 Å². The zero-order chi connectivity index (χ0) is 14.8. The molecule has 2 rings (SSSR count). The summed E-state index contributed by atoms with van der Waals surface area (Å²) in [6.45, 7) is 0.469. The first-order chi connectivity index (χ1) is 9.45. The predicted molar refractivity (Wildman–Crippen MR) is 68.2 cm³/mol. The Hall–Kier alpha value is -1.74. The van der Waals surface area contributed by atoms with E-state index in [2.05, 4.69) is 5.32 Å². The molecule has 1 atom stereocenters. The average molecular weight is 284 g/mol. The fraction of sp³-hybridized carbons (Fsp3) is 0.500. The van der Waals surface area contributed by atoms with E-state index in [0.717, 1.165) is 25.0 Å². The van der Waals surface area contributed by atoms with Gasteiger partial charge in [0, 0.05) is 7.11 Å². The highest BCUT2D eigenvalue weighted by Gasteiger charge is 2.33. The number of methoxy groups -OCH3 is 1. The van der Waals surface area contributed by atoms with Gasteiger partial charge in [-0.25, -0.2) is 0 Å². The summed E-state index contributed by atoms with van der Waals surface area (Å²) >= 11 is 0. The van der Waals surface area contributed by atoms with Crippen molar-refractivity contribution in [3.05, 3.63) is 29.3 Å². The molecule has 0 saturated heterocycles. The van der Waals surface area contributed by atoms with Crippen LogP contribution in [-0.2, 0) is 10.9 Å². The van der Waals surface area contributed by atoms with Crippen molar-refractivity contribution in [3.63, 3.8) is 0 Å². The van der Waals surface area contributed by atoms with Crippen molar-refractivity contribution in [2.75, 3.05) is 19.0 Å². The van der Waals surface area contributed by atoms with Crippen LogP contribution in [0.15, 0.2) is 18.2 Å². The summed E-state index contributed by atoms with van der Waals surface area (Å²) in [6.07, 6.45) is -2.29. The van der Waals surface area contributed by atoms with Crippen molar-refractivity contribution in [3.8, 4) is 6.07 Å². The summed E-state index contributed by atoms with van der Waals surface area (Å²) in [5.74, 6) is 0.462. The van der Waals surface area contributed by atoms with Crippen molar-refractivity contribution in [2.45, 2.75) is 25.1 Å². The third-order valence-corrected chi connectivity index (χ3v) is 3.35. The first kappa shape index (κ1) is 14.7. The van der Waals surface area contributed by atoms with E-state index in [1.807, 2.05) is 6.07 Å². The monoisotopic (exact) mass is 284 g/mol. The fourth-order valence-corrected chi connectivity index (χ4v) is 2.11. The van der Waals surface area contributed by atoms with Gasteiger partial charge in [0.2, 0.25) is 0 Å². The summed E-state index contributed by atoms with van der Waals surface area (Å²) in [5, 5.41) is 12.1. The lowest BCUT2D eigenvalue weighted by atomic mass is 10.1. The van der Waals surface area contributed by atoms with Crippen LogP contribution in [0.25, 0.3) is 0 Å². The highest BCUT2D eigenvalue weighted by molar-refractivity contribution is 5.59. The van der Waals surface area contributed by atoms with E-state index in [9.17, 15) is 13.2 Å². The van der Waals surface area contributed by atoms with Gasteiger partial charge in [-0.3, -0.25) is 0 Å². The number of anilines is 1. The molecule has 1 aromatic carbocycles. The van der Waals surface area contributed by atoms with Crippen molar-refractivity contribution in [1.82, 2.24) is 0 Å². The Kier molecular flexibility index (Phi) is 4.19. The van der Waals surface area contributed by atoms with Crippen molar-refractivity contribution in [1.29, 1.82) is 5.26 Å². The number of hydrogen-bond donors (Lipinski definition) is 1. The zero-order valence-electron chi connectivity index (χ0n) is 11.0. The van der Waals surface area contributed by atoms with E-state index in [1.54, 1.807) is 7.11 Å². The second kappa shape index (κ2) is 5.71. The predicted octanol–water partition coefficient (Wildman–Crippen LogP) is 3.41. The number of nitrogens with zero attached hydrogens (tertiary/aromatic N) is 1. The molecule has 1 N–H and O–H groups in total. The fourth-order valence-electron chi connectivity index (χ4n) is 2.11. The molecule has 0 spiro atoms. The number of nitrogens with one attached hydrogen (secondary N) is 1. The van der Waals surface area contributed by atoms with Gasteiger partial charge in [0.1, 0.15) is 6.07 Å².